The summed E-state index contributed by atoms with van der Waals surface area (Å²) in [7, 11) is 1.99. The van der Waals surface area contributed by atoms with Crippen molar-refractivity contribution in [3.05, 3.63) is 17.5 Å². The number of nitrogens with zero attached hydrogens (tertiary/aromatic N) is 2. The topological polar surface area (TPSA) is 29.9 Å². The molecule has 0 radical (unpaired) electrons. The van der Waals surface area contributed by atoms with Gasteiger partial charge in [0.1, 0.15) is 0 Å². The van der Waals surface area contributed by atoms with Gasteiger partial charge in [-0.2, -0.15) is 5.10 Å². The highest BCUT2D eigenvalue weighted by atomic mass is 15.3. The minimum absolute atomic E-state index is 0.388. The fraction of sp³-hybridized carbons (Fsp3) is 0.750. The number of hydrogen-bond donors (Lipinski definition) is 1. The molecule has 1 unspecified atom stereocenters. The standard InChI is InChI=1S/C12H23N3/c1-6-7-12-11(10(4)13-5)8-14-15(12)9(2)3/h8-10,13H,6-7H2,1-5H3. The van der Waals surface area contributed by atoms with Crippen molar-refractivity contribution in [2.24, 2.45) is 0 Å². The van der Waals surface area contributed by atoms with Crippen molar-refractivity contribution in [2.75, 3.05) is 7.05 Å². The summed E-state index contributed by atoms with van der Waals surface area (Å²) < 4.78 is 2.15. The molecular weight excluding hydrogens is 186 g/mol. The predicted molar refractivity (Wildman–Crippen MR) is 64.1 cm³/mol. The van der Waals surface area contributed by atoms with Gasteiger partial charge in [0, 0.05) is 23.3 Å². The molecule has 0 aliphatic heterocycles. The Balaban J connectivity index is 3.05. The van der Waals surface area contributed by atoms with Gasteiger partial charge in [-0.1, -0.05) is 13.3 Å². The SMILES string of the molecule is CCCc1c(C(C)NC)cnn1C(C)C. The van der Waals surface area contributed by atoms with Crippen molar-refractivity contribution in [2.45, 2.75) is 52.6 Å². The van der Waals surface area contributed by atoms with E-state index in [-0.39, 0.29) is 0 Å². The van der Waals surface area contributed by atoms with Gasteiger partial charge < -0.3 is 5.32 Å². The van der Waals surface area contributed by atoms with E-state index in [1.165, 1.54) is 17.7 Å². The van der Waals surface area contributed by atoms with Gasteiger partial charge >= 0.3 is 0 Å². The number of hydrogen-bond acceptors (Lipinski definition) is 2. The van der Waals surface area contributed by atoms with Crippen LogP contribution < -0.4 is 5.32 Å². The minimum Gasteiger partial charge on any atom is -0.313 e. The molecule has 0 aliphatic carbocycles. The van der Waals surface area contributed by atoms with Crippen molar-refractivity contribution in [3.63, 3.8) is 0 Å². The van der Waals surface area contributed by atoms with E-state index >= 15 is 0 Å². The summed E-state index contributed by atoms with van der Waals surface area (Å²) in [6.45, 7) is 8.76. The predicted octanol–water partition coefficient (Wildman–Crippen LogP) is 2.70. The van der Waals surface area contributed by atoms with Gasteiger partial charge in [0.25, 0.3) is 0 Å². The van der Waals surface area contributed by atoms with Gasteiger partial charge in [0.05, 0.1) is 6.20 Å². The third-order valence-corrected chi connectivity index (χ3v) is 2.81. The van der Waals surface area contributed by atoms with Crippen molar-refractivity contribution >= 4 is 0 Å². The van der Waals surface area contributed by atoms with Gasteiger partial charge in [0.2, 0.25) is 0 Å². The Kier molecular flexibility index (Phi) is 4.33. The monoisotopic (exact) mass is 209 g/mol. The van der Waals surface area contributed by atoms with Crippen molar-refractivity contribution < 1.29 is 0 Å². The fourth-order valence-electron chi connectivity index (χ4n) is 1.86. The Morgan fingerprint density at radius 3 is 2.53 bits per heavy atom. The summed E-state index contributed by atoms with van der Waals surface area (Å²) in [6, 6.07) is 0.836. The van der Waals surface area contributed by atoms with Crippen LogP contribution in [0.4, 0.5) is 0 Å². The fourth-order valence-corrected chi connectivity index (χ4v) is 1.86. The van der Waals surface area contributed by atoms with Gasteiger partial charge in [-0.15, -0.1) is 0 Å². The largest absolute Gasteiger partial charge is 0.313 e. The van der Waals surface area contributed by atoms with Crippen LogP contribution in [0, 0.1) is 0 Å². The average molecular weight is 209 g/mol. The van der Waals surface area contributed by atoms with Crippen LogP contribution in [0.3, 0.4) is 0 Å². The lowest BCUT2D eigenvalue weighted by Gasteiger charge is -2.15. The maximum atomic E-state index is 4.48. The van der Waals surface area contributed by atoms with Crippen LogP contribution in [0.5, 0.6) is 0 Å². The highest BCUT2D eigenvalue weighted by Gasteiger charge is 2.15. The van der Waals surface area contributed by atoms with E-state index < -0.39 is 0 Å². The first-order valence-corrected chi connectivity index (χ1v) is 5.85. The summed E-state index contributed by atoms with van der Waals surface area (Å²) in [5.74, 6) is 0. The van der Waals surface area contributed by atoms with Crippen LogP contribution in [0.2, 0.25) is 0 Å². The third kappa shape index (κ3) is 2.59. The second-order valence-corrected chi connectivity index (χ2v) is 4.35. The lowest BCUT2D eigenvalue weighted by Crippen LogP contribution is -2.15. The Morgan fingerprint density at radius 2 is 2.07 bits per heavy atom. The molecule has 0 aromatic carbocycles. The van der Waals surface area contributed by atoms with Crippen molar-refractivity contribution in [3.8, 4) is 0 Å². The summed E-state index contributed by atoms with van der Waals surface area (Å²) in [5.41, 5.74) is 2.72. The molecule has 0 saturated carbocycles. The molecule has 1 aromatic rings. The third-order valence-electron chi connectivity index (χ3n) is 2.81. The maximum absolute atomic E-state index is 4.48. The van der Waals surface area contributed by atoms with Crippen LogP contribution in [-0.2, 0) is 6.42 Å². The molecule has 0 saturated heterocycles. The number of nitrogens with one attached hydrogen (secondary N) is 1. The smallest absolute Gasteiger partial charge is 0.0540 e. The van der Waals surface area contributed by atoms with E-state index in [0.717, 1.165) is 6.42 Å². The van der Waals surface area contributed by atoms with E-state index in [2.05, 4.69) is 42.8 Å². The second kappa shape index (κ2) is 5.31. The van der Waals surface area contributed by atoms with Gasteiger partial charge in [-0.25, -0.2) is 0 Å². The lowest BCUT2D eigenvalue weighted by molar-refractivity contribution is 0.503. The summed E-state index contributed by atoms with van der Waals surface area (Å²) in [6.07, 6.45) is 4.29. The molecule has 0 aliphatic rings. The van der Waals surface area contributed by atoms with E-state index in [4.69, 9.17) is 0 Å². The summed E-state index contributed by atoms with van der Waals surface area (Å²) >= 11 is 0. The lowest BCUT2D eigenvalue weighted by atomic mass is 10.1. The van der Waals surface area contributed by atoms with Gasteiger partial charge in [-0.05, 0) is 34.2 Å². The first kappa shape index (κ1) is 12.2. The molecule has 86 valence electrons. The molecule has 15 heavy (non-hydrogen) atoms. The Bertz CT molecular complexity index is 302. The zero-order chi connectivity index (χ0) is 11.4. The van der Waals surface area contributed by atoms with Crippen LogP contribution in [0.1, 0.15) is 57.5 Å². The molecule has 1 aromatic heterocycles. The van der Waals surface area contributed by atoms with Crippen LogP contribution >= 0.6 is 0 Å². The number of rotatable bonds is 5. The van der Waals surface area contributed by atoms with Crippen LogP contribution in [0.15, 0.2) is 6.20 Å². The molecule has 0 spiro atoms. The Labute approximate surface area is 92.9 Å². The maximum Gasteiger partial charge on any atom is 0.0540 e. The van der Waals surface area contributed by atoms with E-state index in [1.807, 2.05) is 13.2 Å². The summed E-state index contributed by atoms with van der Waals surface area (Å²) in [5, 5.41) is 7.76. The molecule has 3 heteroatoms. The normalized spacial score (nSPS) is 13.5. The number of aromatic nitrogens is 2. The zero-order valence-electron chi connectivity index (χ0n) is 10.5. The average Bonchev–Trinajstić information content (AvgIpc) is 2.61. The molecule has 0 fully saturated rings. The molecule has 1 rings (SSSR count). The highest BCUT2D eigenvalue weighted by Crippen LogP contribution is 2.21. The van der Waals surface area contributed by atoms with Crippen molar-refractivity contribution in [1.82, 2.24) is 15.1 Å². The minimum atomic E-state index is 0.388. The van der Waals surface area contributed by atoms with E-state index in [9.17, 15) is 0 Å². The Morgan fingerprint density at radius 1 is 1.40 bits per heavy atom. The summed E-state index contributed by atoms with van der Waals surface area (Å²) in [4.78, 5) is 0. The molecule has 3 nitrogen and oxygen atoms in total. The van der Waals surface area contributed by atoms with Gasteiger partial charge in [-0.3, -0.25) is 4.68 Å². The van der Waals surface area contributed by atoms with E-state index in [1.54, 1.807) is 0 Å². The zero-order valence-corrected chi connectivity index (χ0v) is 10.5. The Hall–Kier alpha value is -0.830. The van der Waals surface area contributed by atoms with E-state index in [0.29, 0.717) is 12.1 Å². The molecule has 1 heterocycles. The molecular formula is C12H23N3. The van der Waals surface area contributed by atoms with Crippen molar-refractivity contribution in [1.29, 1.82) is 0 Å². The van der Waals surface area contributed by atoms with Crippen LogP contribution in [-0.4, -0.2) is 16.8 Å². The second-order valence-electron chi connectivity index (χ2n) is 4.35. The molecule has 1 N–H and O–H groups in total. The first-order chi connectivity index (χ1) is 7.11. The quantitative estimate of drug-likeness (QED) is 0.808. The van der Waals surface area contributed by atoms with Gasteiger partial charge in [0.15, 0.2) is 0 Å². The molecule has 1 atom stereocenters. The molecule has 0 bridgehead atoms. The molecule has 0 amide bonds. The highest BCUT2D eigenvalue weighted by molar-refractivity contribution is 5.22. The van der Waals surface area contributed by atoms with Crippen LogP contribution in [0.25, 0.3) is 0 Å². The first-order valence-electron chi connectivity index (χ1n) is 5.85.